The van der Waals surface area contributed by atoms with Gasteiger partial charge in [0.05, 0.1) is 24.3 Å². The van der Waals surface area contributed by atoms with Crippen molar-refractivity contribution >= 4 is 5.97 Å². The standard InChI is InChI=1S/C13H12F4O3/c14-11-2-1-9(13(15,16)17)5-10(11)12(18)20-7-8-3-4-19-6-8/h1-2,5,8H,3-4,6-7H2. The number of benzene rings is 1. The predicted octanol–water partition coefficient (Wildman–Crippen LogP) is 3.04. The molecule has 0 amide bonds. The maximum atomic E-state index is 13.4. The normalized spacial score (nSPS) is 19.1. The second kappa shape index (κ2) is 5.78. The molecule has 0 N–H and O–H groups in total. The summed E-state index contributed by atoms with van der Waals surface area (Å²) in [7, 11) is 0. The molecule has 1 aliphatic rings. The highest BCUT2D eigenvalue weighted by molar-refractivity contribution is 5.90. The van der Waals surface area contributed by atoms with E-state index >= 15 is 0 Å². The van der Waals surface area contributed by atoms with Crippen LogP contribution in [0.4, 0.5) is 17.6 Å². The maximum Gasteiger partial charge on any atom is 0.416 e. The van der Waals surface area contributed by atoms with Gasteiger partial charge in [-0.3, -0.25) is 0 Å². The fourth-order valence-electron chi connectivity index (χ4n) is 1.84. The van der Waals surface area contributed by atoms with E-state index in [9.17, 15) is 22.4 Å². The van der Waals surface area contributed by atoms with Crippen molar-refractivity contribution in [2.24, 2.45) is 5.92 Å². The molecule has 0 radical (unpaired) electrons. The maximum absolute atomic E-state index is 13.4. The van der Waals surface area contributed by atoms with Gasteiger partial charge in [0.15, 0.2) is 0 Å². The summed E-state index contributed by atoms with van der Waals surface area (Å²) in [6.07, 6.45) is -3.93. The van der Waals surface area contributed by atoms with Crippen molar-refractivity contribution in [1.82, 2.24) is 0 Å². The Hall–Kier alpha value is -1.63. The Balaban J connectivity index is 2.08. The third-order valence-corrected chi connectivity index (χ3v) is 2.99. The van der Waals surface area contributed by atoms with Crippen LogP contribution >= 0.6 is 0 Å². The van der Waals surface area contributed by atoms with E-state index in [-0.39, 0.29) is 12.5 Å². The van der Waals surface area contributed by atoms with Crippen molar-refractivity contribution in [3.8, 4) is 0 Å². The van der Waals surface area contributed by atoms with Crippen LogP contribution in [0, 0.1) is 11.7 Å². The number of ether oxygens (including phenoxy) is 2. The number of carbonyl (C=O) groups excluding carboxylic acids is 1. The van der Waals surface area contributed by atoms with Gasteiger partial charge >= 0.3 is 12.1 Å². The first-order valence-electron chi connectivity index (χ1n) is 5.99. The topological polar surface area (TPSA) is 35.5 Å². The SMILES string of the molecule is O=C(OCC1CCOC1)c1cc(C(F)(F)F)ccc1F. The summed E-state index contributed by atoms with van der Waals surface area (Å²) in [6, 6.07) is 1.65. The van der Waals surface area contributed by atoms with E-state index in [1.54, 1.807) is 0 Å². The quantitative estimate of drug-likeness (QED) is 0.634. The lowest BCUT2D eigenvalue weighted by atomic mass is 10.1. The Labute approximate surface area is 112 Å². The Morgan fingerprint density at radius 2 is 2.15 bits per heavy atom. The Kier molecular flexibility index (Phi) is 4.27. The van der Waals surface area contributed by atoms with Gasteiger partial charge in [-0.25, -0.2) is 9.18 Å². The van der Waals surface area contributed by atoms with Crippen LogP contribution in [0.2, 0.25) is 0 Å². The second-order valence-electron chi connectivity index (χ2n) is 4.52. The molecule has 1 fully saturated rings. The highest BCUT2D eigenvalue weighted by Gasteiger charge is 2.32. The van der Waals surface area contributed by atoms with Crippen LogP contribution in [0.15, 0.2) is 18.2 Å². The highest BCUT2D eigenvalue weighted by Crippen LogP contribution is 2.30. The molecule has 0 aromatic heterocycles. The fraction of sp³-hybridized carbons (Fsp3) is 0.462. The number of rotatable bonds is 3. The number of carbonyl (C=O) groups is 1. The van der Waals surface area contributed by atoms with Crippen molar-refractivity contribution in [1.29, 1.82) is 0 Å². The first-order valence-corrected chi connectivity index (χ1v) is 5.99. The summed E-state index contributed by atoms with van der Waals surface area (Å²) in [5, 5.41) is 0. The molecule has 2 rings (SSSR count). The molecule has 1 atom stereocenters. The summed E-state index contributed by atoms with van der Waals surface area (Å²) < 4.78 is 60.8. The monoisotopic (exact) mass is 292 g/mol. The molecular weight excluding hydrogens is 280 g/mol. The first kappa shape index (κ1) is 14.8. The van der Waals surface area contributed by atoms with Crippen LogP contribution in [0.25, 0.3) is 0 Å². The predicted molar refractivity (Wildman–Crippen MR) is 60.6 cm³/mol. The van der Waals surface area contributed by atoms with Crippen LogP contribution in [0.5, 0.6) is 0 Å². The molecule has 1 saturated heterocycles. The van der Waals surface area contributed by atoms with E-state index in [1.165, 1.54) is 0 Å². The van der Waals surface area contributed by atoms with E-state index in [0.717, 1.165) is 0 Å². The molecule has 7 heteroatoms. The van der Waals surface area contributed by atoms with Crippen molar-refractivity contribution < 1.29 is 31.8 Å². The average molecular weight is 292 g/mol. The lowest BCUT2D eigenvalue weighted by molar-refractivity contribution is -0.137. The van der Waals surface area contributed by atoms with E-state index in [0.29, 0.717) is 37.8 Å². The van der Waals surface area contributed by atoms with Gasteiger partial charge in [0.2, 0.25) is 0 Å². The minimum absolute atomic E-state index is 0.00723. The molecule has 0 aliphatic carbocycles. The number of hydrogen-bond donors (Lipinski definition) is 0. The molecule has 0 spiro atoms. The molecule has 0 bridgehead atoms. The lowest BCUT2D eigenvalue weighted by Gasteiger charge is -2.11. The van der Waals surface area contributed by atoms with E-state index in [4.69, 9.17) is 9.47 Å². The summed E-state index contributed by atoms with van der Waals surface area (Å²) in [5.41, 5.74) is -1.80. The largest absolute Gasteiger partial charge is 0.462 e. The molecule has 1 heterocycles. The third kappa shape index (κ3) is 3.47. The van der Waals surface area contributed by atoms with Crippen LogP contribution in [0.1, 0.15) is 22.3 Å². The zero-order valence-corrected chi connectivity index (χ0v) is 10.4. The fourth-order valence-corrected chi connectivity index (χ4v) is 1.84. The molecule has 110 valence electrons. The number of esters is 1. The zero-order chi connectivity index (χ0) is 14.8. The van der Waals surface area contributed by atoms with E-state index in [1.807, 2.05) is 0 Å². The van der Waals surface area contributed by atoms with Crippen molar-refractivity contribution in [3.05, 3.63) is 35.1 Å². The van der Waals surface area contributed by atoms with Gasteiger partial charge in [-0.05, 0) is 24.6 Å². The van der Waals surface area contributed by atoms with Gasteiger partial charge in [-0.1, -0.05) is 0 Å². The number of alkyl halides is 3. The van der Waals surface area contributed by atoms with Gasteiger partial charge in [0.1, 0.15) is 5.82 Å². The molecule has 20 heavy (non-hydrogen) atoms. The van der Waals surface area contributed by atoms with Gasteiger partial charge < -0.3 is 9.47 Å². The minimum atomic E-state index is -4.64. The molecular formula is C13H12F4O3. The Bertz CT molecular complexity index is 493. The van der Waals surface area contributed by atoms with Gasteiger partial charge in [-0.2, -0.15) is 13.2 Å². The van der Waals surface area contributed by atoms with Gasteiger partial charge in [0.25, 0.3) is 0 Å². The second-order valence-corrected chi connectivity index (χ2v) is 4.52. The van der Waals surface area contributed by atoms with E-state index < -0.39 is 29.1 Å². The van der Waals surface area contributed by atoms with Crippen molar-refractivity contribution in [2.45, 2.75) is 12.6 Å². The van der Waals surface area contributed by atoms with Crippen LogP contribution in [-0.4, -0.2) is 25.8 Å². The van der Waals surface area contributed by atoms with Crippen molar-refractivity contribution in [3.63, 3.8) is 0 Å². The smallest absolute Gasteiger partial charge is 0.416 e. The molecule has 3 nitrogen and oxygen atoms in total. The summed E-state index contributed by atoms with van der Waals surface area (Å²) >= 11 is 0. The van der Waals surface area contributed by atoms with Gasteiger partial charge in [0, 0.05) is 12.5 Å². The average Bonchev–Trinajstić information content (AvgIpc) is 2.88. The number of halogens is 4. The molecule has 0 saturated carbocycles. The molecule has 1 aliphatic heterocycles. The van der Waals surface area contributed by atoms with Gasteiger partial charge in [-0.15, -0.1) is 0 Å². The Morgan fingerprint density at radius 1 is 1.40 bits per heavy atom. The molecule has 1 aromatic rings. The number of hydrogen-bond acceptors (Lipinski definition) is 3. The Morgan fingerprint density at radius 3 is 2.75 bits per heavy atom. The molecule has 1 unspecified atom stereocenters. The third-order valence-electron chi connectivity index (χ3n) is 2.99. The highest BCUT2D eigenvalue weighted by atomic mass is 19.4. The minimum Gasteiger partial charge on any atom is -0.462 e. The lowest BCUT2D eigenvalue weighted by Crippen LogP contribution is -2.16. The summed E-state index contributed by atoms with van der Waals surface area (Å²) in [5.74, 6) is -2.13. The van der Waals surface area contributed by atoms with Crippen LogP contribution in [0.3, 0.4) is 0 Å². The van der Waals surface area contributed by atoms with Crippen molar-refractivity contribution in [2.75, 3.05) is 19.8 Å². The van der Waals surface area contributed by atoms with E-state index in [2.05, 4.69) is 0 Å². The molecule has 1 aromatic carbocycles. The van der Waals surface area contributed by atoms with Crippen LogP contribution < -0.4 is 0 Å². The zero-order valence-electron chi connectivity index (χ0n) is 10.4. The summed E-state index contributed by atoms with van der Waals surface area (Å²) in [4.78, 5) is 11.6. The van der Waals surface area contributed by atoms with Crippen LogP contribution in [-0.2, 0) is 15.7 Å². The first-order chi connectivity index (χ1) is 9.38. The summed E-state index contributed by atoms with van der Waals surface area (Å²) in [6.45, 7) is 0.993.